The van der Waals surface area contributed by atoms with Crippen molar-refractivity contribution in [1.82, 2.24) is 30.4 Å². The summed E-state index contributed by atoms with van der Waals surface area (Å²) in [5.41, 5.74) is 14.3. The van der Waals surface area contributed by atoms with Gasteiger partial charge in [-0.2, -0.15) is 10.2 Å². The Morgan fingerprint density at radius 1 is 0.431 bits per heavy atom. The van der Waals surface area contributed by atoms with E-state index < -0.39 is 69.8 Å². The lowest BCUT2D eigenvalue weighted by molar-refractivity contribution is -0.142. The number of Topliss-reactive ketones (excluding diaryl/α,β-unsaturated/α-hetero) is 4. The number of nitrogens with zero attached hydrogens (tertiary/aromatic N) is 8. The molecule has 2 aliphatic rings. The Morgan fingerprint density at radius 2 is 0.762 bits per heavy atom. The minimum Gasteiger partial charge on any atom is -0.478 e. The molecule has 4 heterocycles. The average Bonchev–Trinajstić information content (AvgIpc) is 0.950. The van der Waals surface area contributed by atoms with E-state index in [9.17, 15) is 62.3 Å². The van der Waals surface area contributed by atoms with Crippen LogP contribution in [0.15, 0.2) is 176 Å². The molecule has 2 aliphatic heterocycles. The molecule has 0 saturated carbocycles. The Hall–Kier alpha value is -9.15. The van der Waals surface area contributed by atoms with E-state index in [2.05, 4.69) is 187 Å². The highest BCUT2D eigenvalue weighted by Gasteiger charge is 2.24. The minimum absolute atomic E-state index is 0. The Labute approximate surface area is 857 Å². The maximum absolute atomic E-state index is 12.3. The van der Waals surface area contributed by atoms with Gasteiger partial charge in [-0.05, 0) is 428 Å². The summed E-state index contributed by atoms with van der Waals surface area (Å²) in [5, 5.41) is 65.1. The number of aromatic nitrogens is 4. The van der Waals surface area contributed by atoms with Gasteiger partial charge in [0.1, 0.15) is 17.6 Å². The van der Waals surface area contributed by atoms with Gasteiger partial charge < -0.3 is 45.7 Å². The van der Waals surface area contributed by atoms with E-state index in [4.69, 9.17) is 45.7 Å². The molecular formula is C88H94I8N14O20. The van der Waals surface area contributed by atoms with E-state index in [0.29, 0.717) is 72.5 Å². The molecule has 2 saturated heterocycles. The Kier molecular flexibility index (Phi) is 48.2. The second kappa shape index (κ2) is 55.4. The molecule has 8 aromatic carbocycles. The highest BCUT2D eigenvalue weighted by molar-refractivity contribution is 14.1. The maximum atomic E-state index is 12.3. The van der Waals surface area contributed by atoms with Gasteiger partial charge in [0, 0.05) is 88.4 Å². The predicted octanol–water partition coefficient (Wildman–Crippen LogP) is 21.5. The third-order valence-electron chi connectivity index (χ3n) is 16.5. The van der Waals surface area contributed by atoms with Crippen LogP contribution in [-0.2, 0) is 23.7 Å². The number of benzene rings is 8. The van der Waals surface area contributed by atoms with Gasteiger partial charge in [-0.15, -0.1) is 10.2 Å². The fraction of sp³-hybridized carbons (Fsp3) is 0.284. The van der Waals surface area contributed by atoms with Crippen molar-refractivity contribution in [2.45, 2.75) is 127 Å². The first kappa shape index (κ1) is 113. The van der Waals surface area contributed by atoms with Crippen LogP contribution in [0.4, 0.5) is 43.7 Å². The number of halogens is 8. The Balaban J connectivity index is 0.000000313. The number of carboxylic acids is 3. The second-order valence-corrected chi connectivity index (χ2v) is 39.0. The van der Waals surface area contributed by atoms with Crippen LogP contribution >= 0.6 is 181 Å². The third-order valence-corrected chi connectivity index (χ3v) is 21.9. The number of fused-ring (bicyclic) bond motifs is 2. The molecular weight excluding hydrogens is 2590 g/mol. The summed E-state index contributed by atoms with van der Waals surface area (Å²) in [6.07, 6.45) is 3.05. The SMILES string of the molecule is C.CC(=O)c1cc(I)ccc1N.CC(=O)c1cc(I)ccc1N=NN1CCCC1.CC(=O)c1cc(I)ccc1NC(=O)OC(C)(C)C.CC(C)(C)OC(=O)Nc1ccc(I)cc1C(=O)O.CCOC(=O)CC(=O)c1cc(I)ccc1N=NN1CCCC1.CCOC(=O)c1n[nH]c2ccc(I)cc2c1=O.Nc1ccc(I)cc1C(=O)O.O=C(O)c1n[nH]c2ccc(I)cc2c1=O. The van der Waals surface area contributed by atoms with Crippen LogP contribution < -0.4 is 33.0 Å². The predicted molar refractivity (Wildman–Crippen MR) is 563 cm³/mol. The lowest BCUT2D eigenvalue weighted by Gasteiger charge is -2.20. The van der Waals surface area contributed by atoms with Crippen LogP contribution in [0.3, 0.4) is 0 Å². The summed E-state index contributed by atoms with van der Waals surface area (Å²) in [6.45, 7) is 22.7. The van der Waals surface area contributed by atoms with Gasteiger partial charge in [0.05, 0.1) is 68.9 Å². The number of carbonyl (C=O) groups excluding carboxylic acids is 8. The number of H-pyrrole nitrogens is 2. The molecule has 34 nitrogen and oxygen atoms in total. The van der Waals surface area contributed by atoms with E-state index in [1.54, 1.807) is 147 Å². The molecule has 0 bridgehead atoms. The van der Waals surface area contributed by atoms with Crippen LogP contribution in [0.2, 0.25) is 0 Å². The number of aromatic amines is 2. The zero-order chi connectivity index (χ0) is 96.3. The normalized spacial score (nSPS) is 11.7. The molecule has 12 rings (SSSR count). The first-order valence-corrected chi connectivity index (χ1v) is 47.3. The summed E-state index contributed by atoms with van der Waals surface area (Å²) in [4.78, 5) is 148. The number of nitrogens with one attached hydrogen (secondary N) is 4. The number of carbonyl (C=O) groups is 11. The van der Waals surface area contributed by atoms with E-state index in [1.807, 2.05) is 97.7 Å². The van der Waals surface area contributed by atoms with Crippen molar-refractivity contribution in [2.75, 3.05) is 61.5 Å². The van der Waals surface area contributed by atoms with E-state index in [0.717, 1.165) is 67.6 Å². The molecule has 0 radical (unpaired) electrons. The zero-order valence-electron chi connectivity index (χ0n) is 71.2. The number of ketones is 4. The van der Waals surface area contributed by atoms with Crippen LogP contribution in [0.5, 0.6) is 0 Å². The number of nitrogen functional groups attached to an aromatic ring is 2. The summed E-state index contributed by atoms with van der Waals surface area (Å²) in [5.74, 6) is -4.98. The topological polar surface area (TPSA) is 509 Å². The van der Waals surface area contributed by atoms with Crippen molar-refractivity contribution in [3.05, 3.63) is 239 Å². The number of esters is 2. The van der Waals surface area contributed by atoms with Crippen LogP contribution in [0, 0.1) is 28.6 Å². The van der Waals surface area contributed by atoms with Crippen molar-refractivity contribution < 1.29 is 87.0 Å². The summed E-state index contributed by atoms with van der Waals surface area (Å²) in [6, 6.07) is 41.7. The number of carboxylic acid groups (broad SMARTS) is 3. The standard InChI is InChI=1S/C15H18IN3O3.C13H16INO3.C12H14IN3O.C12H14INO4.C11H9IN2O3.C9H5IN2O3.C8H8INO.C7H6INO2.CH4/c1-2-22-15(21)10-14(20)12-9-11(16)5-6-13(12)17-18-19-7-3-4-8-19;1-8(16)10-7-9(14)5-6-11(10)15-12(17)18-13(2,3)4;1-9(17)11-8-10(13)4-5-12(11)14-15-16-6-2-3-7-16;1-12(2,3)18-11(17)14-9-5-4-7(13)6-8(9)10(15)16;1-2-17-11(16)9-10(15)7-5-6(12)3-4-8(7)13-14-9;10-4-1-2-6-5(3-4)8(13)7(9(14)15)12-11-6;1-5(11)7-4-6(9)2-3-8(7)10;8-4-1-2-6(9)5(3-4)7(10)11;/h5-6,9H,2-4,7-8,10H2,1H3;5-7H,1-4H3,(H,15,17);4-5,8H,2-3,6-7H2,1H3;4-6H,1-3H3,(H,14,17)(H,15,16);3-5H,2H2,1H3,(H,13,15);1-3H,(H,11,13)(H,14,15);2-4H,10H2,1H3;1-3H,9H2,(H,10,11);1H4. The first-order chi connectivity index (χ1) is 60.6. The Bertz CT molecular complexity index is 5800. The van der Waals surface area contributed by atoms with E-state index in [-0.39, 0.29) is 72.7 Å². The van der Waals surface area contributed by atoms with Gasteiger partial charge in [0.2, 0.25) is 22.2 Å². The van der Waals surface area contributed by atoms with Gasteiger partial charge in [-0.25, -0.2) is 28.8 Å². The highest BCUT2D eigenvalue weighted by Crippen LogP contribution is 2.29. The summed E-state index contributed by atoms with van der Waals surface area (Å²) < 4.78 is 27.1. The van der Waals surface area contributed by atoms with Crippen molar-refractivity contribution >= 4 is 302 Å². The molecule has 11 N–H and O–H groups in total. The van der Waals surface area contributed by atoms with Crippen molar-refractivity contribution in [3.8, 4) is 0 Å². The van der Waals surface area contributed by atoms with Crippen LogP contribution in [-0.4, -0.2) is 161 Å². The molecule has 42 heteroatoms. The molecule has 0 spiro atoms. The van der Waals surface area contributed by atoms with Gasteiger partial charge in [0.25, 0.3) is 0 Å². The molecule has 0 atom stereocenters. The van der Waals surface area contributed by atoms with Gasteiger partial charge in [0.15, 0.2) is 23.1 Å². The molecule has 2 aromatic heterocycles. The summed E-state index contributed by atoms with van der Waals surface area (Å²) in [7, 11) is 0. The number of rotatable bonds is 18. The lowest BCUT2D eigenvalue weighted by Crippen LogP contribution is -2.27. The van der Waals surface area contributed by atoms with Crippen molar-refractivity contribution in [2.24, 2.45) is 20.7 Å². The molecule has 692 valence electrons. The van der Waals surface area contributed by atoms with Crippen LogP contribution in [0.1, 0.15) is 199 Å². The van der Waals surface area contributed by atoms with E-state index >= 15 is 0 Å². The molecule has 0 unspecified atom stereocenters. The van der Waals surface area contributed by atoms with Crippen LogP contribution in [0.25, 0.3) is 21.8 Å². The van der Waals surface area contributed by atoms with Crippen molar-refractivity contribution in [3.63, 3.8) is 0 Å². The van der Waals surface area contributed by atoms with Gasteiger partial charge >= 0.3 is 42.0 Å². The minimum atomic E-state index is -1.32. The average molecular weight is 2680 g/mol. The highest BCUT2D eigenvalue weighted by atomic mass is 127. The number of anilines is 4. The molecule has 0 aliphatic carbocycles. The van der Waals surface area contributed by atoms with Crippen molar-refractivity contribution in [1.29, 1.82) is 0 Å². The first-order valence-electron chi connectivity index (χ1n) is 38.6. The van der Waals surface area contributed by atoms with Gasteiger partial charge in [-0.3, -0.25) is 64.4 Å². The number of hydrogen-bond donors (Lipinski definition) is 9. The zero-order valence-corrected chi connectivity index (χ0v) is 88.4. The van der Waals surface area contributed by atoms with Gasteiger partial charge in [-0.1, -0.05) is 17.9 Å². The smallest absolute Gasteiger partial charge is 0.412 e. The number of nitrogens with two attached hydrogens (primary N) is 2. The molecule has 2 amide bonds. The number of aromatic carboxylic acids is 3. The summed E-state index contributed by atoms with van der Waals surface area (Å²) >= 11 is 16.8. The lowest BCUT2D eigenvalue weighted by atomic mass is 10.1. The quantitative estimate of drug-likeness (QED) is 0.00732. The monoisotopic (exact) mass is 2680 g/mol. The number of hydrogen-bond acceptors (Lipinski definition) is 25. The fourth-order valence-corrected chi connectivity index (χ4v) is 14.6. The largest absolute Gasteiger partial charge is 0.478 e. The Morgan fingerprint density at radius 3 is 1.15 bits per heavy atom. The maximum Gasteiger partial charge on any atom is 0.412 e. The molecule has 10 aromatic rings. The van der Waals surface area contributed by atoms with E-state index in [1.165, 1.54) is 44.9 Å². The molecule has 130 heavy (non-hydrogen) atoms. The molecule has 2 fully saturated rings. The number of ether oxygens (including phenoxy) is 4. The number of amides is 2. The fourth-order valence-electron chi connectivity index (χ4n) is 10.7. The third kappa shape index (κ3) is 39.3. The second-order valence-electron chi connectivity index (χ2n) is 29.0.